The van der Waals surface area contributed by atoms with Gasteiger partial charge in [0.05, 0.1) is 32.9 Å². The lowest BCUT2D eigenvalue weighted by molar-refractivity contribution is 0.0520. The van der Waals surface area contributed by atoms with Gasteiger partial charge in [-0.2, -0.15) is 10.2 Å². The number of aromatic carboxylic acids is 1. The molecule has 238 valence electrons. The predicted octanol–water partition coefficient (Wildman–Crippen LogP) is 4.01. The van der Waals surface area contributed by atoms with E-state index in [1.807, 2.05) is 0 Å². The lowest BCUT2D eigenvalue weighted by Crippen LogP contribution is -2.34. The number of nitrogens with zero attached hydrogens (tertiary/aromatic N) is 4. The Labute approximate surface area is 247 Å². The van der Waals surface area contributed by atoms with Gasteiger partial charge in [-0.05, 0) is 64.8 Å². The van der Waals surface area contributed by atoms with Crippen LogP contribution in [0.25, 0.3) is 0 Å². The van der Waals surface area contributed by atoms with Crippen molar-refractivity contribution in [1.29, 1.82) is 0 Å². The summed E-state index contributed by atoms with van der Waals surface area (Å²) in [7, 11) is 1.25. The standard InChI is InChI=1S/C14H20FN3O4.C13H18FN3O4/c1-14(2,3)22-13(20)16-8-10(7-15)9-18-6-5-11(17-18)12(19)21-4;1-13(2,3)21-12(20)15-7-9(6-14)8-17-5-4-10(16-17)11(18)19/h5-7H,8-9H2,1-4H3,(H,16,20);4-6H,7-8H2,1-3H3,(H,15,20)(H,18,19)/b10-7+;9-6+. The molecule has 2 aromatic heterocycles. The summed E-state index contributed by atoms with van der Waals surface area (Å²) >= 11 is 0. The van der Waals surface area contributed by atoms with Crippen molar-refractivity contribution in [2.24, 2.45) is 0 Å². The number of amides is 2. The quantitative estimate of drug-likeness (QED) is 0.263. The first kappa shape index (κ1) is 36.3. The lowest BCUT2D eigenvalue weighted by atomic mass is 10.2. The van der Waals surface area contributed by atoms with Crippen molar-refractivity contribution in [1.82, 2.24) is 30.2 Å². The van der Waals surface area contributed by atoms with E-state index in [4.69, 9.17) is 14.6 Å². The van der Waals surface area contributed by atoms with Crippen LogP contribution in [0.3, 0.4) is 0 Å². The summed E-state index contributed by atoms with van der Waals surface area (Å²) in [6, 6.07) is 2.77. The number of hydrogen-bond donors (Lipinski definition) is 3. The molecule has 0 aliphatic heterocycles. The average Bonchev–Trinajstić information content (AvgIpc) is 3.57. The first-order valence-corrected chi connectivity index (χ1v) is 12.8. The van der Waals surface area contributed by atoms with Crippen molar-refractivity contribution in [3.05, 3.63) is 59.7 Å². The molecule has 0 radical (unpaired) electrons. The minimum Gasteiger partial charge on any atom is -0.476 e. The highest BCUT2D eigenvalue weighted by Crippen LogP contribution is 2.09. The molecule has 0 aliphatic rings. The molecule has 0 fully saturated rings. The van der Waals surface area contributed by atoms with Gasteiger partial charge in [0.25, 0.3) is 0 Å². The molecule has 14 nitrogen and oxygen atoms in total. The van der Waals surface area contributed by atoms with Crippen LogP contribution < -0.4 is 10.6 Å². The first-order valence-electron chi connectivity index (χ1n) is 12.8. The number of alkyl carbamates (subject to hydrolysis) is 2. The Bertz CT molecular complexity index is 1310. The molecule has 2 amide bonds. The second kappa shape index (κ2) is 16.6. The van der Waals surface area contributed by atoms with Gasteiger partial charge in [-0.15, -0.1) is 0 Å². The van der Waals surface area contributed by atoms with E-state index in [1.54, 1.807) is 41.5 Å². The first-order chi connectivity index (χ1) is 20.0. The number of esters is 1. The fourth-order valence-electron chi connectivity index (χ4n) is 2.90. The van der Waals surface area contributed by atoms with Crippen LogP contribution in [0.15, 0.2) is 48.3 Å². The highest BCUT2D eigenvalue weighted by molar-refractivity contribution is 5.86. The molecule has 0 atom stereocenters. The van der Waals surface area contributed by atoms with Crippen LogP contribution in [-0.4, -0.2) is 80.2 Å². The second-order valence-electron chi connectivity index (χ2n) is 10.8. The minimum atomic E-state index is -1.16. The summed E-state index contributed by atoms with van der Waals surface area (Å²) in [6.07, 6.45) is 2.37. The van der Waals surface area contributed by atoms with Crippen LogP contribution in [0, 0.1) is 0 Å². The molecule has 2 rings (SSSR count). The zero-order valence-electron chi connectivity index (χ0n) is 25.1. The SMILES string of the molecule is CC(C)(C)OC(=O)NC/C(=C\F)Cn1ccc(C(=O)O)n1.COC(=O)c1ccn(C/C(=C/F)CNC(=O)OC(C)(C)C)n1. The lowest BCUT2D eigenvalue weighted by Gasteiger charge is -2.20. The van der Waals surface area contributed by atoms with E-state index in [0.717, 1.165) is 0 Å². The van der Waals surface area contributed by atoms with Gasteiger partial charge < -0.3 is 30.0 Å². The number of halogens is 2. The monoisotopic (exact) mass is 612 g/mol. The van der Waals surface area contributed by atoms with Crippen molar-refractivity contribution in [2.75, 3.05) is 20.2 Å². The van der Waals surface area contributed by atoms with E-state index in [9.17, 15) is 28.0 Å². The number of carbonyl (C=O) groups is 4. The summed E-state index contributed by atoms with van der Waals surface area (Å²) < 4.78 is 42.9. The number of carboxylic acids is 1. The Balaban J connectivity index is 0.000000430. The molecule has 2 aromatic rings. The second-order valence-corrected chi connectivity index (χ2v) is 10.8. The van der Waals surface area contributed by atoms with E-state index in [-0.39, 0.29) is 48.7 Å². The molecule has 0 unspecified atom stereocenters. The van der Waals surface area contributed by atoms with Crippen LogP contribution in [0.2, 0.25) is 0 Å². The van der Waals surface area contributed by atoms with Gasteiger partial charge in [0.1, 0.15) is 11.2 Å². The summed E-state index contributed by atoms with van der Waals surface area (Å²) in [5.41, 5.74) is -0.774. The average molecular weight is 613 g/mol. The van der Waals surface area contributed by atoms with E-state index < -0.39 is 35.3 Å². The van der Waals surface area contributed by atoms with E-state index in [1.165, 1.54) is 41.0 Å². The largest absolute Gasteiger partial charge is 0.476 e. The van der Waals surface area contributed by atoms with Crippen LogP contribution >= 0.6 is 0 Å². The van der Waals surface area contributed by atoms with Crippen LogP contribution in [-0.2, 0) is 27.3 Å². The predicted molar refractivity (Wildman–Crippen MR) is 150 cm³/mol. The molecule has 43 heavy (non-hydrogen) atoms. The van der Waals surface area contributed by atoms with Gasteiger partial charge in [-0.1, -0.05) is 0 Å². The zero-order chi connectivity index (χ0) is 32.8. The van der Waals surface area contributed by atoms with Crippen molar-refractivity contribution in [3.63, 3.8) is 0 Å². The van der Waals surface area contributed by atoms with E-state index in [2.05, 4.69) is 25.6 Å². The smallest absolute Gasteiger partial charge is 0.407 e. The van der Waals surface area contributed by atoms with Gasteiger partial charge in [0, 0.05) is 25.5 Å². The van der Waals surface area contributed by atoms with Gasteiger partial charge in [-0.3, -0.25) is 9.36 Å². The van der Waals surface area contributed by atoms with Crippen LogP contribution in [0.4, 0.5) is 18.4 Å². The topological polar surface area (TPSA) is 176 Å². The molecule has 16 heteroatoms. The fourth-order valence-corrected chi connectivity index (χ4v) is 2.90. The Hall–Kier alpha value is -4.76. The van der Waals surface area contributed by atoms with E-state index in [0.29, 0.717) is 12.7 Å². The zero-order valence-corrected chi connectivity index (χ0v) is 25.1. The maximum atomic E-state index is 12.9. The molecular formula is C27H38F2N6O8. The summed E-state index contributed by atoms with van der Waals surface area (Å²) in [5, 5.41) is 21.3. The fraction of sp³-hybridized carbons (Fsp3) is 0.481. The summed E-state index contributed by atoms with van der Waals surface area (Å²) in [4.78, 5) is 44.9. The van der Waals surface area contributed by atoms with Gasteiger partial charge >= 0.3 is 24.1 Å². The molecule has 0 bridgehead atoms. The molecule has 2 heterocycles. The summed E-state index contributed by atoms with van der Waals surface area (Å²) in [6.45, 7) is 10.4. The number of nitrogens with one attached hydrogen (secondary N) is 2. The molecule has 0 aliphatic carbocycles. The number of carboxylic acid groups (broad SMARTS) is 1. The summed E-state index contributed by atoms with van der Waals surface area (Å²) in [5.74, 6) is -1.73. The Morgan fingerprint density at radius 1 is 0.814 bits per heavy atom. The van der Waals surface area contributed by atoms with E-state index >= 15 is 0 Å². The van der Waals surface area contributed by atoms with Crippen molar-refractivity contribution < 1.29 is 47.3 Å². The maximum absolute atomic E-state index is 12.9. The highest BCUT2D eigenvalue weighted by Gasteiger charge is 2.18. The number of aromatic nitrogens is 4. The molecule has 0 spiro atoms. The third kappa shape index (κ3) is 15.2. The van der Waals surface area contributed by atoms with Gasteiger partial charge in [0.15, 0.2) is 11.4 Å². The number of carbonyl (C=O) groups excluding carboxylic acids is 3. The van der Waals surface area contributed by atoms with Crippen molar-refractivity contribution in [2.45, 2.75) is 65.8 Å². The molecule has 0 saturated carbocycles. The minimum absolute atomic E-state index is 0.0274. The number of methoxy groups -OCH3 is 1. The van der Waals surface area contributed by atoms with Crippen molar-refractivity contribution in [3.8, 4) is 0 Å². The van der Waals surface area contributed by atoms with Crippen LogP contribution in [0.5, 0.6) is 0 Å². The third-order valence-electron chi connectivity index (χ3n) is 4.65. The van der Waals surface area contributed by atoms with Crippen LogP contribution in [0.1, 0.15) is 62.5 Å². The van der Waals surface area contributed by atoms with Gasteiger partial charge in [-0.25, -0.2) is 28.0 Å². The Kier molecular flexibility index (Phi) is 14.0. The molecule has 3 N–H and O–H groups in total. The third-order valence-corrected chi connectivity index (χ3v) is 4.65. The van der Waals surface area contributed by atoms with Gasteiger partial charge in [0.2, 0.25) is 0 Å². The highest BCUT2D eigenvalue weighted by atomic mass is 19.1. The number of hydrogen-bond acceptors (Lipinski definition) is 9. The van der Waals surface area contributed by atoms with Crippen molar-refractivity contribution >= 4 is 24.1 Å². The Morgan fingerprint density at radius 3 is 1.53 bits per heavy atom. The number of ether oxygens (including phenoxy) is 3. The molecule has 0 aromatic carbocycles. The molecular weight excluding hydrogens is 574 g/mol. The molecule has 0 saturated heterocycles. The maximum Gasteiger partial charge on any atom is 0.407 e. The Morgan fingerprint density at radius 2 is 1.21 bits per heavy atom. The number of rotatable bonds is 10. The normalized spacial score (nSPS) is 12.0.